The van der Waals surface area contributed by atoms with E-state index in [0.717, 1.165) is 17.5 Å². The van der Waals surface area contributed by atoms with Crippen molar-refractivity contribution in [1.29, 1.82) is 0 Å². The van der Waals surface area contributed by atoms with Crippen molar-refractivity contribution < 1.29 is 14.4 Å². The predicted molar refractivity (Wildman–Crippen MR) is 68.5 cm³/mol. The van der Waals surface area contributed by atoms with Gasteiger partial charge in [-0.2, -0.15) is 0 Å². The number of imide groups is 1. The molecule has 1 aromatic carbocycles. The van der Waals surface area contributed by atoms with Gasteiger partial charge in [-0.05, 0) is 30.9 Å². The van der Waals surface area contributed by atoms with E-state index in [9.17, 15) is 14.4 Å². The molecule has 4 nitrogen and oxygen atoms in total. The van der Waals surface area contributed by atoms with Crippen LogP contribution in [0.4, 0.5) is 0 Å². The molecule has 0 unspecified atom stereocenters. The van der Waals surface area contributed by atoms with Crippen molar-refractivity contribution in [2.24, 2.45) is 0 Å². The molecule has 96 valence electrons. The standard InChI is InChI=1S/C15H13NO3/c1-9(17)10-3-2-4-12-11(10)5-6-13(12)16-14(18)7-8-15(16)19/h2-4,7-8,13H,5-6H2,1H3/t13-/m0/s1. The van der Waals surface area contributed by atoms with Crippen LogP contribution < -0.4 is 0 Å². The van der Waals surface area contributed by atoms with E-state index >= 15 is 0 Å². The lowest BCUT2D eigenvalue weighted by molar-refractivity contribution is -0.139. The molecular formula is C15H13NO3. The maximum atomic E-state index is 11.8. The van der Waals surface area contributed by atoms with Gasteiger partial charge in [-0.25, -0.2) is 0 Å². The molecule has 1 aliphatic heterocycles. The molecule has 0 fully saturated rings. The highest BCUT2D eigenvalue weighted by atomic mass is 16.2. The van der Waals surface area contributed by atoms with Crippen molar-refractivity contribution in [2.75, 3.05) is 0 Å². The Morgan fingerprint density at radius 1 is 1.21 bits per heavy atom. The maximum absolute atomic E-state index is 11.8. The smallest absolute Gasteiger partial charge is 0.254 e. The Labute approximate surface area is 110 Å². The number of amides is 2. The normalized spacial score (nSPS) is 21.1. The first kappa shape index (κ1) is 11.8. The van der Waals surface area contributed by atoms with E-state index in [1.165, 1.54) is 24.0 Å². The Morgan fingerprint density at radius 3 is 2.53 bits per heavy atom. The second kappa shape index (κ2) is 4.16. The van der Waals surface area contributed by atoms with Crippen LogP contribution in [0.15, 0.2) is 30.4 Å². The van der Waals surface area contributed by atoms with Crippen LogP contribution in [0.25, 0.3) is 0 Å². The van der Waals surface area contributed by atoms with Crippen LogP contribution >= 0.6 is 0 Å². The average molecular weight is 255 g/mol. The van der Waals surface area contributed by atoms with Crippen molar-refractivity contribution in [3.63, 3.8) is 0 Å². The number of benzene rings is 1. The van der Waals surface area contributed by atoms with Gasteiger partial charge >= 0.3 is 0 Å². The number of hydrogen-bond donors (Lipinski definition) is 0. The number of hydrogen-bond acceptors (Lipinski definition) is 3. The summed E-state index contributed by atoms with van der Waals surface area (Å²) < 4.78 is 0. The summed E-state index contributed by atoms with van der Waals surface area (Å²) in [5.41, 5.74) is 2.61. The van der Waals surface area contributed by atoms with Gasteiger partial charge < -0.3 is 0 Å². The third-order valence-electron chi connectivity index (χ3n) is 3.77. The van der Waals surface area contributed by atoms with Crippen LogP contribution in [-0.2, 0) is 16.0 Å². The van der Waals surface area contributed by atoms with Gasteiger partial charge in [0, 0.05) is 17.7 Å². The van der Waals surface area contributed by atoms with E-state index in [0.29, 0.717) is 12.0 Å². The van der Waals surface area contributed by atoms with E-state index in [1.54, 1.807) is 6.07 Å². The number of rotatable bonds is 2. The van der Waals surface area contributed by atoms with Crippen molar-refractivity contribution in [3.8, 4) is 0 Å². The third kappa shape index (κ3) is 1.71. The van der Waals surface area contributed by atoms with Crippen molar-refractivity contribution in [3.05, 3.63) is 47.0 Å². The minimum Gasteiger partial charge on any atom is -0.295 e. The third-order valence-corrected chi connectivity index (χ3v) is 3.77. The van der Waals surface area contributed by atoms with Crippen LogP contribution in [0.2, 0.25) is 0 Å². The maximum Gasteiger partial charge on any atom is 0.254 e. The Bertz CT molecular complexity index is 612. The molecule has 0 spiro atoms. The minimum absolute atomic E-state index is 0.0229. The lowest BCUT2D eigenvalue weighted by atomic mass is 9.99. The second-order valence-electron chi connectivity index (χ2n) is 4.86. The van der Waals surface area contributed by atoms with Crippen LogP contribution in [0.3, 0.4) is 0 Å². The number of ketones is 1. The first-order valence-corrected chi connectivity index (χ1v) is 6.27. The molecule has 2 amide bonds. The molecular weight excluding hydrogens is 242 g/mol. The molecule has 1 heterocycles. The van der Waals surface area contributed by atoms with Crippen LogP contribution in [0, 0.1) is 0 Å². The summed E-state index contributed by atoms with van der Waals surface area (Å²) in [5.74, 6) is -0.512. The number of carbonyl (C=O) groups is 3. The molecule has 0 saturated carbocycles. The number of carbonyl (C=O) groups excluding carboxylic acids is 3. The molecule has 19 heavy (non-hydrogen) atoms. The Kier molecular flexibility index (Phi) is 2.59. The fourth-order valence-corrected chi connectivity index (χ4v) is 2.95. The summed E-state index contributed by atoms with van der Waals surface area (Å²) in [4.78, 5) is 36.4. The molecule has 0 radical (unpaired) electrons. The number of fused-ring (bicyclic) bond motifs is 1. The summed E-state index contributed by atoms with van der Waals surface area (Å²) in [6.07, 6.45) is 4.02. The van der Waals surface area contributed by atoms with E-state index in [1.807, 2.05) is 12.1 Å². The summed E-state index contributed by atoms with van der Waals surface area (Å²) in [6, 6.07) is 5.28. The molecule has 3 rings (SSSR count). The van der Waals surface area contributed by atoms with Gasteiger partial charge in [-0.3, -0.25) is 19.3 Å². The SMILES string of the molecule is CC(=O)c1cccc2c1CC[C@@H]2N1C(=O)C=CC1=O. The molecule has 1 aromatic rings. The lowest BCUT2D eigenvalue weighted by Gasteiger charge is -2.22. The second-order valence-corrected chi connectivity index (χ2v) is 4.86. The molecule has 4 heteroatoms. The van der Waals surface area contributed by atoms with E-state index in [2.05, 4.69) is 0 Å². The van der Waals surface area contributed by atoms with Crippen molar-refractivity contribution in [2.45, 2.75) is 25.8 Å². The van der Waals surface area contributed by atoms with Gasteiger partial charge in [-0.15, -0.1) is 0 Å². The first-order valence-electron chi connectivity index (χ1n) is 6.27. The first-order chi connectivity index (χ1) is 9.09. The van der Waals surface area contributed by atoms with Crippen molar-refractivity contribution >= 4 is 17.6 Å². The Hall–Kier alpha value is -2.23. The largest absolute Gasteiger partial charge is 0.295 e. The summed E-state index contributed by atoms with van der Waals surface area (Å²) in [7, 11) is 0. The average Bonchev–Trinajstić information content (AvgIpc) is 2.93. The molecule has 2 aliphatic rings. The molecule has 0 bridgehead atoms. The highest BCUT2D eigenvalue weighted by Gasteiger charge is 2.37. The fourth-order valence-electron chi connectivity index (χ4n) is 2.95. The monoisotopic (exact) mass is 255 g/mol. The zero-order valence-electron chi connectivity index (χ0n) is 10.6. The van der Waals surface area contributed by atoms with E-state index in [4.69, 9.17) is 0 Å². The van der Waals surface area contributed by atoms with Gasteiger partial charge in [0.25, 0.3) is 11.8 Å². The molecule has 0 aromatic heterocycles. The van der Waals surface area contributed by atoms with E-state index < -0.39 is 0 Å². The predicted octanol–water partition coefficient (Wildman–Crippen LogP) is 1.80. The topological polar surface area (TPSA) is 54.5 Å². The summed E-state index contributed by atoms with van der Waals surface area (Å²) in [6.45, 7) is 1.54. The highest BCUT2D eigenvalue weighted by molar-refractivity contribution is 6.13. The zero-order chi connectivity index (χ0) is 13.6. The Balaban J connectivity index is 2.04. The quantitative estimate of drug-likeness (QED) is 0.598. The molecule has 0 saturated heterocycles. The summed E-state index contributed by atoms with van der Waals surface area (Å²) >= 11 is 0. The molecule has 1 atom stereocenters. The van der Waals surface area contributed by atoms with E-state index in [-0.39, 0.29) is 23.6 Å². The number of nitrogens with zero attached hydrogens (tertiary/aromatic N) is 1. The summed E-state index contributed by atoms with van der Waals surface area (Å²) in [5, 5.41) is 0. The number of Topliss-reactive ketones (excluding diaryl/α,β-unsaturated/α-hetero) is 1. The van der Waals surface area contributed by atoms with Gasteiger partial charge in [0.2, 0.25) is 0 Å². The van der Waals surface area contributed by atoms with Gasteiger partial charge in [-0.1, -0.05) is 18.2 Å². The van der Waals surface area contributed by atoms with Crippen molar-refractivity contribution in [1.82, 2.24) is 4.90 Å². The van der Waals surface area contributed by atoms with Gasteiger partial charge in [0.05, 0.1) is 6.04 Å². The minimum atomic E-state index is -0.268. The molecule has 0 N–H and O–H groups in total. The fraction of sp³-hybridized carbons (Fsp3) is 0.267. The van der Waals surface area contributed by atoms with Crippen LogP contribution in [-0.4, -0.2) is 22.5 Å². The van der Waals surface area contributed by atoms with Crippen LogP contribution in [0.5, 0.6) is 0 Å². The molecule has 1 aliphatic carbocycles. The van der Waals surface area contributed by atoms with Crippen LogP contribution in [0.1, 0.15) is 40.9 Å². The zero-order valence-corrected chi connectivity index (χ0v) is 10.6. The van der Waals surface area contributed by atoms with Gasteiger partial charge in [0.15, 0.2) is 5.78 Å². The lowest BCUT2D eigenvalue weighted by Crippen LogP contribution is -2.33. The Morgan fingerprint density at radius 2 is 1.89 bits per heavy atom. The van der Waals surface area contributed by atoms with Gasteiger partial charge in [0.1, 0.15) is 0 Å². The highest BCUT2D eigenvalue weighted by Crippen LogP contribution is 2.38.